The van der Waals surface area contributed by atoms with Crippen molar-refractivity contribution in [1.82, 2.24) is 0 Å². The van der Waals surface area contributed by atoms with Crippen molar-refractivity contribution >= 4 is 23.2 Å². The Bertz CT molecular complexity index is 804. The molecule has 2 aromatic carbocycles. The Morgan fingerprint density at radius 3 is 1.81 bits per heavy atom. The smallest absolute Gasteiger partial charge is 0.227 e. The fourth-order valence-corrected chi connectivity index (χ4v) is 3.63. The predicted molar refractivity (Wildman–Crippen MR) is 105 cm³/mol. The first kappa shape index (κ1) is 19.1. The minimum absolute atomic E-state index is 0.0322. The van der Waals surface area contributed by atoms with Crippen LogP contribution in [0.5, 0.6) is 0 Å². The van der Waals surface area contributed by atoms with Gasteiger partial charge in [0, 0.05) is 23.2 Å². The molecule has 1 aliphatic rings. The van der Waals surface area contributed by atoms with E-state index < -0.39 is 0 Å². The average molecular weight is 368 g/mol. The van der Waals surface area contributed by atoms with Gasteiger partial charge in [0.1, 0.15) is 5.82 Å². The van der Waals surface area contributed by atoms with Crippen molar-refractivity contribution in [3.8, 4) is 0 Å². The Kier molecular flexibility index (Phi) is 5.89. The van der Waals surface area contributed by atoms with Gasteiger partial charge in [0.05, 0.1) is 0 Å². The quantitative estimate of drug-likeness (QED) is 0.812. The maximum atomic E-state index is 13.0. The highest BCUT2D eigenvalue weighted by Gasteiger charge is 2.30. The first-order chi connectivity index (χ1) is 12.9. The van der Waals surface area contributed by atoms with E-state index in [1.165, 1.54) is 12.1 Å². The minimum atomic E-state index is -0.330. The molecule has 0 unspecified atom stereocenters. The summed E-state index contributed by atoms with van der Waals surface area (Å²) in [7, 11) is 0. The van der Waals surface area contributed by atoms with E-state index in [0.29, 0.717) is 31.4 Å². The monoisotopic (exact) mass is 368 g/mol. The number of benzene rings is 2. The zero-order valence-electron chi connectivity index (χ0n) is 15.7. The zero-order valence-corrected chi connectivity index (χ0v) is 15.7. The van der Waals surface area contributed by atoms with Crippen LogP contribution in [0, 0.1) is 31.5 Å². The first-order valence-corrected chi connectivity index (χ1v) is 9.37. The number of carbonyl (C=O) groups excluding carboxylic acids is 2. The number of rotatable bonds is 4. The number of anilines is 2. The summed E-state index contributed by atoms with van der Waals surface area (Å²) in [6.07, 6.45) is 2.74. The van der Waals surface area contributed by atoms with Crippen LogP contribution in [0.2, 0.25) is 0 Å². The number of amides is 2. The summed E-state index contributed by atoms with van der Waals surface area (Å²) in [6, 6.07) is 11.7. The summed E-state index contributed by atoms with van der Waals surface area (Å²) < 4.78 is 13.0. The highest BCUT2D eigenvalue weighted by molar-refractivity contribution is 5.95. The molecule has 0 spiro atoms. The summed E-state index contributed by atoms with van der Waals surface area (Å²) >= 11 is 0. The van der Waals surface area contributed by atoms with Crippen LogP contribution in [-0.2, 0) is 9.59 Å². The van der Waals surface area contributed by atoms with Gasteiger partial charge in [0.2, 0.25) is 11.8 Å². The maximum Gasteiger partial charge on any atom is 0.227 e. The number of hydrogen-bond donors (Lipinski definition) is 2. The molecule has 0 aromatic heterocycles. The van der Waals surface area contributed by atoms with Crippen LogP contribution < -0.4 is 10.6 Å². The Morgan fingerprint density at radius 2 is 1.30 bits per heavy atom. The molecule has 0 bridgehead atoms. The highest BCUT2D eigenvalue weighted by Crippen LogP contribution is 2.31. The Balaban J connectivity index is 1.53. The molecule has 4 nitrogen and oxygen atoms in total. The molecule has 1 saturated carbocycles. The molecule has 27 heavy (non-hydrogen) atoms. The lowest BCUT2D eigenvalue weighted by Gasteiger charge is -2.27. The van der Waals surface area contributed by atoms with Gasteiger partial charge in [-0.1, -0.05) is 18.2 Å². The summed E-state index contributed by atoms with van der Waals surface area (Å²) in [5, 5.41) is 5.89. The van der Waals surface area contributed by atoms with Crippen LogP contribution >= 0.6 is 0 Å². The summed E-state index contributed by atoms with van der Waals surface area (Å²) in [4.78, 5) is 25.0. The van der Waals surface area contributed by atoms with Crippen LogP contribution in [0.25, 0.3) is 0 Å². The van der Waals surface area contributed by atoms with Gasteiger partial charge >= 0.3 is 0 Å². The van der Waals surface area contributed by atoms with Crippen LogP contribution in [0.4, 0.5) is 15.8 Å². The largest absolute Gasteiger partial charge is 0.326 e. The van der Waals surface area contributed by atoms with Crippen molar-refractivity contribution in [2.75, 3.05) is 10.6 Å². The third kappa shape index (κ3) is 4.73. The van der Waals surface area contributed by atoms with Gasteiger partial charge in [-0.2, -0.15) is 0 Å². The molecule has 2 aromatic rings. The molecule has 1 aliphatic carbocycles. The SMILES string of the molecule is Cc1cccc(C)c1NC(=O)C1CCC(C(=O)Nc2ccc(F)cc2)CC1. The van der Waals surface area contributed by atoms with Crippen molar-refractivity contribution in [3.05, 3.63) is 59.4 Å². The van der Waals surface area contributed by atoms with Crippen LogP contribution in [-0.4, -0.2) is 11.8 Å². The van der Waals surface area contributed by atoms with Crippen LogP contribution in [0.1, 0.15) is 36.8 Å². The van der Waals surface area contributed by atoms with Crippen LogP contribution in [0.3, 0.4) is 0 Å². The maximum absolute atomic E-state index is 13.0. The van der Waals surface area contributed by atoms with Crippen molar-refractivity contribution in [2.45, 2.75) is 39.5 Å². The van der Waals surface area contributed by atoms with E-state index in [2.05, 4.69) is 10.6 Å². The van der Waals surface area contributed by atoms with Crippen molar-refractivity contribution < 1.29 is 14.0 Å². The van der Waals surface area contributed by atoms with Gasteiger partial charge in [-0.05, 0) is 74.9 Å². The molecule has 0 saturated heterocycles. The van der Waals surface area contributed by atoms with Crippen molar-refractivity contribution in [3.63, 3.8) is 0 Å². The fraction of sp³-hybridized carbons (Fsp3) is 0.364. The second-order valence-corrected chi connectivity index (χ2v) is 7.30. The van der Waals surface area contributed by atoms with Gasteiger partial charge < -0.3 is 10.6 Å². The number of para-hydroxylation sites is 1. The van der Waals surface area contributed by atoms with E-state index in [0.717, 1.165) is 16.8 Å². The van der Waals surface area contributed by atoms with Crippen molar-refractivity contribution in [1.29, 1.82) is 0 Å². The lowest BCUT2D eigenvalue weighted by Crippen LogP contribution is -2.32. The average Bonchev–Trinajstić information content (AvgIpc) is 2.66. The number of halogens is 1. The first-order valence-electron chi connectivity index (χ1n) is 9.37. The summed E-state index contributed by atoms with van der Waals surface area (Å²) in [6.45, 7) is 3.97. The van der Waals surface area contributed by atoms with Gasteiger partial charge in [-0.3, -0.25) is 9.59 Å². The van der Waals surface area contributed by atoms with E-state index in [1.807, 2.05) is 32.0 Å². The number of aryl methyl sites for hydroxylation is 2. The van der Waals surface area contributed by atoms with Gasteiger partial charge in [-0.15, -0.1) is 0 Å². The van der Waals surface area contributed by atoms with Crippen molar-refractivity contribution in [2.24, 2.45) is 11.8 Å². The normalized spacial score (nSPS) is 19.4. The molecule has 0 heterocycles. The van der Waals surface area contributed by atoms with Gasteiger partial charge in [0.15, 0.2) is 0 Å². The van der Waals surface area contributed by atoms with E-state index in [9.17, 15) is 14.0 Å². The Hall–Kier alpha value is -2.69. The van der Waals surface area contributed by atoms with Gasteiger partial charge in [-0.25, -0.2) is 4.39 Å². The molecular formula is C22H25FN2O2. The highest BCUT2D eigenvalue weighted by atomic mass is 19.1. The van der Waals surface area contributed by atoms with E-state index >= 15 is 0 Å². The molecule has 2 N–H and O–H groups in total. The minimum Gasteiger partial charge on any atom is -0.326 e. The third-order valence-electron chi connectivity index (χ3n) is 5.31. The topological polar surface area (TPSA) is 58.2 Å². The summed E-state index contributed by atoms with van der Waals surface area (Å²) in [5.74, 6) is -0.540. The van der Waals surface area contributed by atoms with E-state index in [-0.39, 0.29) is 29.5 Å². The predicted octanol–water partition coefficient (Wildman–Crippen LogP) is 4.83. The molecule has 3 rings (SSSR count). The molecule has 142 valence electrons. The number of hydrogen-bond acceptors (Lipinski definition) is 2. The number of nitrogens with one attached hydrogen (secondary N) is 2. The lowest BCUT2D eigenvalue weighted by atomic mass is 9.81. The van der Waals surface area contributed by atoms with Crippen LogP contribution in [0.15, 0.2) is 42.5 Å². The third-order valence-corrected chi connectivity index (χ3v) is 5.31. The Labute approximate surface area is 159 Å². The molecule has 0 radical (unpaired) electrons. The molecule has 5 heteroatoms. The molecule has 2 amide bonds. The lowest BCUT2D eigenvalue weighted by molar-refractivity contribution is -0.125. The second kappa shape index (κ2) is 8.33. The number of carbonyl (C=O) groups is 2. The standard InChI is InChI=1S/C22H25FN2O2/c1-14-4-3-5-15(2)20(14)25-22(27)17-8-6-16(7-9-17)21(26)24-19-12-10-18(23)11-13-19/h3-5,10-13,16-17H,6-9H2,1-2H3,(H,24,26)(H,25,27). The fourth-order valence-electron chi connectivity index (χ4n) is 3.63. The van der Waals surface area contributed by atoms with Gasteiger partial charge in [0.25, 0.3) is 0 Å². The van der Waals surface area contributed by atoms with E-state index in [4.69, 9.17) is 0 Å². The van der Waals surface area contributed by atoms with E-state index in [1.54, 1.807) is 12.1 Å². The zero-order chi connectivity index (χ0) is 19.4. The molecule has 1 fully saturated rings. The molecule has 0 atom stereocenters. The summed E-state index contributed by atoms with van der Waals surface area (Å²) in [5.41, 5.74) is 3.58. The second-order valence-electron chi connectivity index (χ2n) is 7.30. The molecule has 0 aliphatic heterocycles. The Morgan fingerprint density at radius 1 is 0.815 bits per heavy atom. The molecular weight excluding hydrogens is 343 g/mol.